The van der Waals surface area contributed by atoms with E-state index in [0.29, 0.717) is 25.3 Å². The fourth-order valence-electron chi connectivity index (χ4n) is 6.10. The second-order valence-corrected chi connectivity index (χ2v) is 13.0. The van der Waals surface area contributed by atoms with Gasteiger partial charge >= 0.3 is 6.09 Å². The van der Waals surface area contributed by atoms with Crippen LogP contribution in [-0.4, -0.2) is 72.2 Å². The minimum atomic E-state index is -2.91. The van der Waals surface area contributed by atoms with Gasteiger partial charge in [-0.3, -0.25) is 9.80 Å². The minimum absolute atomic E-state index is 0.0646. The Labute approximate surface area is 211 Å². The number of carbonyl (C=O) groups excluding carboxylic acids is 1. The first-order valence-electron chi connectivity index (χ1n) is 12.7. The van der Waals surface area contributed by atoms with Crippen LogP contribution in [0.3, 0.4) is 0 Å². The quantitative estimate of drug-likeness (QED) is 0.525. The van der Waals surface area contributed by atoms with E-state index in [0.717, 1.165) is 60.5 Å². The summed E-state index contributed by atoms with van der Waals surface area (Å²) in [6.07, 6.45) is 2.87. The van der Waals surface area contributed by atoms with E-state index in [1.807, 2.05) is 31.2 Å². The number of rotatable bonds is 5. The van der Waals surface area contributed by atoms with Gasteiger partial charge in [0, 0.05) is 44.2 Å². The summed E-state index contributed by atoms with van der Waals surface area (Å²) in [5.41, 5.74) is 5.17. The van der Waals surface area contributed by atoms with E-state index >= 15 is 0 Å². The topological polar surface area (TPSA) is 84.7 Å². The number of likely N-dealkylation sites (tertiary alicyclic amines) is 1. The molecule has 190 valence electrons. The van der Waals surface area contributed by atoms with Crippen molar-refractivity contribution in [1.82, 2.24) is 14.5 Å². The summed E-state index contributed by atoms with van der Waals surface area (Å²) < 4.78 is 31.3. The molecule has 4 heterocycles. The van der Waals surface area contributed by atoms with Crippen LogP contribution in [0.2, 0.25) is 0 Å². The number of fused-ring (bicyclic) bond motifs is 3. The molecule has 3 aliphatic heterocycles. The molecule has 1 atom stereocenters. The number of imidazole rings is 1. The highest BCUT2D eigenvalue weighted by Crippen LogP contribution is 2.42. The lowest BCUT2D eigenvalue weighted by atomic mass is 9.95. The van der Waals surface area contributed by atoms with E-state index in [9.17, 15) is 13.2 Å². The van der Waals surface area contributed by atoms with Gasteiger partial charge in [-0.1, -0.05) is 30.3 Å². The third kappa shape index (κ3) is 3.63. The lowest BCUT2D eigenvalue weighted by Gasteiger charge is -2.54. The number of hydrogen-bond acceptors (Lipinski definition) is 6. The number of nitrogens with zero attached hydrogens (tertiary/aromatic N) is 4. The van der Waals surface area contributed by atoms with Gasteiger partial charge in [0.15, 0.2) is 9.84 Å². The highest BCUT2D eigenvalue weighted by Gasteiger charge is 2.59. The third-order valence-corrected chi connectivity index (χ3v) is 10.8. The van der Waals surface area contributed by atoms with Gasteiger partial charge in [0.1, 0.15) is 5.82 Å². The Balaban J connectivity index is 1.34. The molecule has 0 aliphatic carbocycles. The average Bonchev–Trinajstić information content (AvgIpc) is 3.19. The van der Waals surface area contributed by atoms with Gasteiger partial charge in [0.25, 0.3) is 0 Å². The van der Waals surface area contributed by atoms with Crippen molar-refractivity contribution in [3.63, 3.8) is 0 Å². The van der Waals surface area contributed by atoms with Crippen LogP contribution in [0.5, 0.6) is 0 Å². The Hall–Kier alpha value is -2.91. The van der Waals surface area contributed by atoms with E-state index in [1.165, 1.54) is 12.7 Å². The number of ether oxygens (including phenoxy) is 1. The van der Waals surface area contributed by atoms with Crippen molar-refractivity contribution < 1.29 is 17.9 Å². The molecular weight excluding hydrogens is 476 g/mol. The van der Waals surface area contributed by atoms with Crippen LogP contribution in [0.25, 0.3) is 11.0 Å². The number of anilines is 1. The Bertz CT molecular complexity index is 1430. The van der Waals surface area contributed by atoms with Crippen LogP contribution in [0.15, 0.2) is 42.5 Å². The normalized spacial score (nSPS) is 22.2. The van der Waals surface area contributed by atoms with Crippen molar-refractivity contribution in [1.29, 1.82) is 0 Å². The summed E-state index contributed by atoms with van der Waals surface area (Å²) in [6, 6.07) is 14.5. The van der Waals surface area contributed by atoms with Gasteiger partial charge in [0.05, 0.1) is 34.3 Å². The van der Waals surface area contributed by atoms with Crippen molar-refractivity contribution in [2.45, 2.75) is 49.9 Å². The molecule has 2 fully saturated rings. The zero-order chi connectivity index (χ0) is 25.1. The maximum atomic E-state index is 12.6. The molecular formula is C27H32N4O4S. The molecule has 8 nitrogen and oxygen atoms in total. The summed E-state index contributed by atoms with van der Waals surface area (Å²) in [6.45, 7) is 4.85. The maximum absolute atomic E-state index is 12.6. The average molecular weight is 509 g/mol. The number of amides is 1. The van der Waals surface area contributed by atoms with Gasteiger partial charge in [-0.2, -0.15) is 0 Å². The van der Waals surface area contributed by atoms with E-state index in [4.69, 9.17) is 9.72 Å². The van der Waals surface area contributed by atoms with Crippen LogP contribution in [0, 0.1) is 0 Å². The number of sulfone groups is 1. The summed E-state index contributed by atoms with van der Waals surface area (Å²) in [4.78, 5) is 21.7. The number of carbonyl (C=O) groups is 1. The monoisotopic (exact) mass is 508 g/mol. The predicted octanol–water partition coefficient (Wildman–Crippen LogP) is 3.41. The van der Waals surface area contributed by atoms with Gasteiger partial charge in [-0.25, -0.2) is 18.2 Å². The Morgan fingerprint density at radius 1 is 1.14 bits per heavy atom. The van der Waals surface area contributed by atoms with E-state index in [-0.39, 0.29) is 12.1 Å². The summed E-state index contributed by atoms with van der Waals surface area (Å²) in [5.74, 6) is 1.32. The maximum Gasteiger partial charge on any atom is 0.414 e. The molecule has 2 saturated heterocycles. The van der Waals surface area contributed by atoms with E-state index in [2.05, 4.69) is 27.7 Å². The molecule has 1 amide bonds. The Kier molecular flexibility index (Phi) is 5.60. The highest BCUT2D eigenvalue weighted by molar-refractivity contribution is 7.94. The van der Waals surface area contributed by atoms with Gasteiger partial charge in [0.2, 0.25) is 0 Å². The number of aryl methyl sites for hydroxylation is 1. The molecule has 6 rings (SSSR count). The molecule has 0 radical (unpaired) electrons. The molecule has 0 bridgehead atoms. The fourth-order valence-corrected chi connectivity index (χ4v) is 7.97. The molecule has 0 unspecified atom stereocenters. The standard InChI is InChI=1S/C27H32N4O4S/c1-19-8-9-21-22(31(19)26(32)35-2)10-11-23-25(21)28-24(16-20-6-4-3-5-7-20)30(23)14-13-29-17-27(18-29)12-15-36(27,33)34/h3-7,10-11,19H,8-9,12-18H2,1-2H3/t19-/m0/s1. The lowest BCUT2D eigenvalue weighted by molar-refractivity contribution is 0.102. The Morgan fingerprint density at radius 3 is 2.58 bits per heavy atom. The first-order chi connectivity index (χ1) is 17.3. The molecule has 2 aromatic carbocycles. The van der Waals surface area contributed by atoms with Crippen molar-refractivity contribution in [2.24, 2.45) is 0 Å². The number of aromatic nitrogens is 2. The predicted molar refractivity (Wildman–Crippen MR) is 139 cm³/mol. The van der Waals surface area contributed by atoms with Gasteiger partial charge in [-0.15, -0.1) is 0 Å². The van der Waals surface area contributed by atoms with Crippen molar-refractivity contribution in [2.75, 3.05) is 37.4 Å². The number of methoxy groups -OCH3 is 1. The Morgan fingerprint density at radius 2 is 1.92 bits per heavy atom. The van der Waals surface area contributed by atoms with Crippen LogP contribution in [-0.2, 0) is 34.0 Å². The van der Waals surface area contributed by atoms with Gasteiger partial charge < -0.3 is 9.30 Å². The SMILES string of the molecule is COC(=O)N1c2ccc3c(nc(Cc4ccccc4)n3CCN3CC4(CCS4(=O)=O)C3)c2CC[C@@H]1C. The largest absolute Gasteiger partial charge is 0.452 e. The molecule has 1 spiro atoms. The second kappa shape index (κ2) is 8.59. The summed E-state index contributed by atoms with van der Waals surface area (Å²) >= 11 is 0. The van der Waals surface area contributed by atoms with Crippen molar-refractivity contribution in [3.8, 4) is 0 Å². The molecule has 3 aromatic rings. The molecule has 9 heteroatoms. The van der Waals surface area contributed by atoms with Crippen molar-refractivity contribution in [3.05, 3.63) is 59.4 Å². The smallest absolute Gasteiger partial charge is 0.414 e. The van der Waals surface area contributed by atoms with E-state index < -0.39 is 14.6 Å². The number of benzene rings is 2. The molecule has 1 aromatic heterocycles. The van der Waals surface area contributed by atoms with Crippen LogP contribution in [0.4, 0.5) is 10.5 Å². The fraction of sp³-hybridized carbons (Fsp3) is 0.481. The van der Waals surface area contributed by atoms with Crippen molar-refractivity contribution >= 4 is 32.7 Å². The molecule has 36 heavy (non-hydrogen) atoms. The molecule has 0 saturated carbocycles. The van der Waals surface area contributed by atoms with Gasteiger partial charge in [-0.05, 0) is 43.9 Å². The van der Waals surface area contributed by atoms with Crippen LogP contribution >= 0.6 is 0 Å². The summed E-state index contributed by atoms with van der Waals surface area (Å²) in [5, 5.41) is 0. The zero-order valence-electron chi connectivity index (χ0n) is 20.8. The summed E-state index contributed by atoms with van der Waals surface area (Å²) in [7, 11) is -1.49. The molecule has 0 N–H and O–H groups in total. The lowest BCUT2D eigenvalue weighted by Crippen LogP contribution is -2.71. The van der Waals surface area contributed by atoms with Crippen LogP contribution < -0.4 is 4.90 Å². The molecule has 3 aliphatic rings. The first-order valence-corrected chi connectivity index (χ1v) is 14.3. The third-order valence-electron chi connectivity index (χ3n) is 8.32. The highest BCUT2D eigenvalue weighted by atomic mass is 32.2. The second-order valence-electron chi connectivity index (χ2n) is 10.5. The number of hydrogen-bond donors (Lipinski definition) is 0. The zero-order valence-corrected chi connectivity index (χ0v) is 21.6. The van der Waals surface area contributed by atoms with Crippen LogP contribution in [0.1, 0.15) is 36.7 Å². The minimum Gasteiger partial charge on any atom is -0.452 e. The first kappa shape index (κ1) is 23.5. The van der Waals surface area contributed by atoms with E-state index in [1.54, 1.807) is 4.90 Å².